The number of aryl methyl sites for hydroxylation is 1. The van der Waals surface area contributed by atoms with E-state index in [-0.39, 0.29) is 36.0 Å². The van der Waals surface area contributed by atoms with Crippen molar-refractivity contribution in [3.8, 4) is 6.07 Å². The third kappa shape index (κ3) is 7.29. The number of aliphatic imine (C=N–C) groups is 1. The normalized spacial score (nSPS) is 11.8. The van der Waals surface area contributed by atoms with Gasteiger partial charge in [-0.1, -0.05) is 12.1 Å². The van der Waals surface area contributed by atoms with Gasteiger partial charge in [-0.05, 0) is 45.4 Å². The first-order valence-electron chi connectivity index (χ1n) is 9.16. The highest BCUT2D eigenvalue weighted by Gasteiger charge is 2.20. The van der Waals surface area contributed by atoms with E-state index in [4.69, 9.17) is 10.00 Å². The van der Waals surface area contributed by atoms with Crippen LogP contribution in [0.4, 0.5) is 0 Å². The van der Waals surface area contributed by atoms with Crippen molar-refractivity contribution in [3.05, 3.63) is 51.0 Å². The molecule has 7 nitrogen and oxygen atoms in total. The second kappa shape index (κ2) is 12.4. The number of nitriles is 1. The van der Waals surface area contributed by atoms with E-state index in [1.165, 1.54) is 11.3 Å². The minimum absolute atomic E-state index is 0. The number of thiazole rings is 1. The monoisotopic (exact) mass is 527 g/mol. The van der Waals surface area contributed by atoms with Gasteiger partial charge < -0.3 is 15.4 Å². The average molecular weight is 527 g/mol. The van der Waals surface area contributed by atoms with E-state index >= 15 is 0 Å². The van der Waals surface area contributed by atoms with Gasteiger partial charge in [0.15, 0.2) is 5.96 Å². The van der Waals surface area contributed by atoms with Crippen molar-refractivity contribution in [2.45, 2.75) is 40.3 Å². The summed E-state index contributed by atoms with van der Waals surface area (Å²) in [4.78, 5) is 21.6. The van der Waals surface area contributed by atoms with Crippen LogP contribution in [0.3, 0.4) is 0 Å². The van der Waals surface area contributed by atoms with Crippen molar-refractivity contribution < 1.29 is 9.53 Å². The fourth-order valence-corrected chi connectivity index (χ4v) is 3.39. The molecule has 0 bridgehead atoms. The molecular weight excluding hydrogens is 501 g/mol. The molecule has 0 spiro atoms. The average Bonchev–Trinajstić information content (AvgIpc) is 3.09. The molecule has 29 heavy (non-hydrogen) atoms. The lowest BCUT2D eigenvalue weighted by Crippen LogP contribution is -2.38. The summed E-state index contributed by atoms with van der Waals surface area (Å²) >= 11 is 1.33. The SMILES string of the molecule is CCNC(=NCc1ccc(C#N)cc1)NC(C)c1nc(C)c(C(=O)OCC)s1.I. The molecule has 9 heteroatoms. The van der Waals surface area contributed by atoms with E-state index in [0.29, 0.717) is 35.2 Å². The number of carbonyl (C=O) groups is 1. The van der Waals surface area contributed by atoms with Crippen LogP contribution in [0.5, 0.6) is 0 Å². The number of rotatable bonds is 7. The minimum atomic E-state index is -0.336. The number of guanidine groups is 1. The maximum atomic E-state index is 12.0. The molecule has 156 valence electrons. The van der Waals surface area contributed by atoms with E-state index < -0.39 is 0 Å². The summed E-state index contributed by atoms with van der Waals surface area (Å²) in [6.07, 6.45) is 0. The molecule has 1 unspecified atom stereocenters. The Morgan fingerprint density at radius 1 is 1.34 bits per heavy atom. The van der Waals surface area contributed by atoms with Gasteiger partial charge in [0.1, 0.15) is 9.88 Å². The molecule has 0 radical (unpaired) electrons. The van der Waals surface area contributed by atoms with Gasteiger partial charge in [-0.15, -0.1) is 35.3 Å². The van der Waals surface area contributed by atoms with E-state index in [1.54, 1.807) is 19.1 Å². The summed E-state index contributed by atoms with van der Waals surface area (Å²) in [5.74, 6) is 0.322. The maximum Gasteiger partial charge on any atom is 0.350 e. The number of hydrogen-bond acceptors (Lipinski definition) is 6. The highest BCUT2D eigenvalue weighted by atomic mass is 127. The van der Waals surface area contributed by atoms with Crippen molar-refractivity contribution in [2.75, 3.05) is 13.2 Å². The van der Waals surface area contributed by atoms with Crippen LogP contribution in [0, 0.1) is 18.3 Å². The lowest BCUT2D eigenvalue weighted by atomic mass is 10.1. The van der Waals surface area contributed by atoms with Crippen LogP contribution in [-0.4, -0.2) is 30.1 Å². The summed E-state index contributed by atoms with van der Waals surface area (Å²) in [5, 5.41) is 16.2. The topological polar surface area (TPSA) is 99.4 Å². The number of halogens is 1. The lowest BCUT2D eigenvalue weighted by Gasteiger charge is -2.16. The predicted octanol–water partition coefficient (Wildman–Crippen LogP) is 3.93. The third-order valence-corrected chi connectivity index (χ3v) is 5.16. The molecule has 0 aliphatic carbocycles. The van der Waals surface area contributed by atoms with Gasteiger partial charge in [-0.25, -0.2) is 14.8 Å². The summed E-state index contributed by atoms with van der Waals surface area (Å²) < 4.78 is 5.08. The van der Waals surface area contributed by atoms with E-state index in [9.17, 15) is 4.79 Å². The van der Waals surface area contributed by atoms with Crippen molar-refractivity contribution in [3.63, 3.8) is 0 Å². The highest BCUT2D eigenvalue weighted by Crippen LogP contribution is 2.24. The number of nitrogens with zero attached hydrogens (tertiary/aromatic N) is 3. The van der Waals surface area contributed by atoms with Crippen molar-refractivity contribution >= 4 is 47.2 Å². The Bertz CT molecular complexity index is 874. The van der Waals surface area contributed by atoms with Gasteiger partial charge in [0.25, 0.3) is 0 Å². The van der Waals surface area contributed by atoms with Gasteiger partial charge >= 0.3 is 5.97 Å². The van der Waals surface area contributed by atoms with Crippen LogP contribution >= 0.6 is 35.3 Å². The van der Waals surface area contributed by atoms with Crippen LogP contribution in [0.2, 0.25) is 0 Å². The van der Waals surface area contributed by atoms with Crippen LogP contribution < -0.4 is 10.6 Å². The first kappa shape index (κ1) is 24.8. The number of benzene rings is 1. The molecule has 0 amide bonds. The number of esters is 1. The second-order valence-corrected chi connectivity index (χ2v) is 7.09. The smallest absolute Gasteiger partial charge is 0.350 e. The molecule has 0 aliphatic heterocycles. The molecule has 0 saturated heterocycles. The zero-order chi connectivity index (χ0) is 20.5. The van der Waals surface area contributed by atoms with Crippen molar-refractivity contribution in [2.24, 2.45) is 4.99 Å². The Morgan fingerprint density at radius 2 is 2.03 bits per heavy atom. The number of nitrogens with one attached hydrogen (secondary N) is 2. The Kier molecular flexibility index (Phi) is 10.6. The van der Waals surface area contributed by atoms with Gasteiger partial charge in [0, 0.05) is 6.54 Å². The minimum Gasteiger partial charge on any atom is -0.462 e. The third-order valence-electron chi connectivity index (χ3n) is 3.84. The molecule has 2 rings (SSSR count). The number of carbonyl (C=O) groups excluding carboxylic acids is 1. The first-order chi connectivity index (χ1) is 13.5. The quantitative estimate of drug-likeness (QED) is 0.245. The molecule has 1 aromatic heterocycles. The molecular formula is C20H26IN5O2S. The Morgan fingerprint density at radius 3 is 2.62 bits per heavy atom. The summed E-state index contributed by atoms with van der Waals surface area (Å²) in [7, 11) is 0. The second-order valence-electron chi connectivity index (χ2n) is 6.06. The maximum absolute atomic E-state index is 12.0. The van der Waals surface area contributed by atoms with Crippen LogP contribution in [0.1, 0.15) is 58.3 Å². The summed E-state index contributed by atoms with van der Waals surface area (Å²) in [6.45, 7) is 9.11. The molecule has 0 aliphatic rings. The Labute approximate surface area is 192 Å². The highest BCUT2D eigenvalue weighted by molar-refractivity contribution is 14.0. The molecule has 0 fully saturated rings. The molecule has 1 atom stereocenters. The molecule has 2 aromatic rings. The van der Waals surface area contributed by atoms with Crippen LogP contribution in [0.25, 0.3) is 0 Å². The van der Waals surface area contributed by atoms with Gasteiger partial charge in [-0.2, -0.15) is 5.26 Å². The van der Waals surface area contributed by atoms with Crippen molar-refractivity contribution in [1.82, 2.24) is 15.6 Å². The zero-order valence-electron chi connectivity index (χ0n) is 17.0. The van der Waals surface area contributed by atoms with Crippen molar-refractivity contribution in [1.29, 1.82) is 5.26 Å². The standard InChI is InChI=1S/C20H25N5O2S.HI/c1-5-22-20(23-12-16-9-7-15(11-21)8-10-16)25-14(4)18-24-13(3)17(28-18)19(26)27-6-2;/h7-10,14H,5-6,12H2,1-4H3,(H2,22,23,25);1H. The Hall–Kier alpha value is -2.19. The van der Waals surface area contributed by atoms with Crippen LogP contribution in [-0.2, 0) is 11.3 Å². The fraction of sp³-hybridized carbons (Fsp3) is 0.400. The zero-order valence-corrected chi connectivity index (χ0v) is 20.1. The lowest BCUT2D eigenvalue weighted by molar-refractivity contribution is 0.0531. The van der Waals surface area contributed by atoms with Gasteiger partial charge in [-0.3, -0.25) is 0 Å². The summed E-state index contributed by atoms with van der Waals surface area (Å²) in [5.41, 5.74) is 2.31. The molecule has 0 saturated carbocycles. The van der Waals surface area contributed by atoms with Gasteiger partial charge in [0.2, 0.25) is 0 Å². The summed E-state index contributed by atoms with van der Waals surface area (Å²) in [6, 6.07) is 9.34. The van der Waals surface area contributed by atoms with E-state index in [2.05, 4.69) is 26.7 Å². The first-order valence-corrected chi connectivity index (χ1v) is 9.98. The van der Waals surface area contributed by atoms with Gasteiger partial charge in [0.05, 0.1) is 36.5 Å². The number of hydrogen-bond donors (Lipinski definition) is 2. The van der Waals surface area contributed by atoms with E-state index in [0.717, 1.165) is 17.1 Å². The Balaban J connectivity index is 0.00000420. The molecule has 2 N–H and O–H groups in total. The fourth-order valence-electron chi connectivity index (χ4n) is 2.43. The molecule has 1 heterocycles. The molecule has 1 aromatic carbocycles. The largest absolute Gasteiger partial charge is 0.462 e. The van der Waals surface area contributed by atoms with Crippen LogP contribution in [0.15, 0.2) is 29.3 Å². The predicted molar refractivity (Wildman–Crippen MR) is 126 cm³/mol. The van der Waals surface area contributed by atoms with E-state index in [1.807, 2.05) is 32.9 Å². The number of aromatic nitrogens is 1. The number of ether oxygens (including phenoxy) is 1.